The molecule has 9 heteroatoms. The number of alkyl halides is 3. The summed E-state index contributed by atoms with van der Waals surface area (Å²) in [5.41, 5.74) is 0. The molecule has 0 saturated carbocycles. The Hall–Kier alpha value is -1.64. The largest absolute Gasteiger partial charge is 0.522 e. The van der Waals surface area contributed by atoms with Crippen LogP contribution in [-0.2, 0) is 16.0 Å². The van der Waals surface area contributed by atoms with Gasteiger partial charge in [0.05, 0.1) is 20.3 Å². The maximum absolute atomic E-state index is 11.7. The zero-order valence-electron chi connectivity index (χ0n) is 8.19. The molecular formula is C7H8F3N3O3. The molecule has 0 N–H and O–H groups in total. The van der Waals surface area contributed by atoms with E-state index in [1.165, 1.54) is 0 Å². The van der Waals surface area contributed by atoms with Gasteiger partial charge in [-0.3, -0.25) is 4.74 Å². The number of ether oxygens (including phenoxy) is 2. The van der Waals surface area contributed by atoms with Crippen LogP contribution in [0.1, 0.15) is 10.6 Å². The lowest BCUT2D eigenvalue weighted by Crippen LogP contribution is -2.20. The summed E-state index contributed by atoms with van der Waals surface area (Å²) < 4.78 is 43.8. The Morgan fingerprint density at radius 1 is 1.56 bits per heavy atom. The van der Waals surface area contributed by atoms with Gasteiger partial charge < -0.3 is 4.74 Å². The number of methoxy groups -OCH3 is 1. The lowest BCUT2D eigenvalue weighted by molar-refractivity contribution is -0.325. The SMILES string of the molecule is COC(=O)c1ncnn1CCOC(F)(F)F. The van der Waals surface area contributed by atoms with Crippen molar-refractivity contribution in [1.29, 1.82) is 0 Å². The van der Waals surface area contributed by atoms with Crippen molar-refractivity contribution in [3.8, 4) is 0 Å². The Morgan fingerprint density at radius 2 is 2.25 bits per heavy atom. The first-order valence-corrected chi connectivity index (χ1v) is 4.11. The molecule has 1 heterocycles. The molecule has 0 amide bonds. The van der Waals surface area contributed by atoms with Crippen molar-refractivity contribution in [2.75, 3.05) is 13.7 Å². The van der Waals surface area contributed by atoms with Crippen molar-refractivity contribution in [2.24, 2.45) is 0 Å². The molecule has 0 atom stereocenters. The molecule has 1 aromatic heterocycles. The number of carbonyl (C=O) groups is 1. The van der Waals surface area contributed by atoms with Gasteiger partial charge in [0.1, 0.15) is 6.33 Å². The Bertz CT molecular complexity index is 363. The van der Waals surface area contributed by atoms with Crippen LogP contribution in [0.15, 0.2) is 6.33 Å². The minimum Gasteiger partial charge on any atom is -0.463 e. The van der Waals surface area contributed by atoms with Crippen LogP contribution in [0.3, 0.4) is 0 Å². The molecular weight excluding hydrogens is 231 g/mol. The molecule has 0 aliphatic rings. The van der Waals surface area contributed by atoms with Crippen LogP contribution in [-0.4, -0.2) is 40.8 Å². The van der Waals surface area contributed by atoms with Gasteiger partial charge in [0, 0.05) is 0 Å². The number of nitrogens with zero attached hydrogens (tertiary/aromatic N) is 3. The highest BCUT2D eigenvalue weighted by atomic mass is 19.4. The van der Waals surface area contributed by atoms with Gasteiger partial charge in [-0.15, -0.1) is 13.2 Å². The zero-order chi connectivity index (χ0) is 12.2. The van der Waals surface area contributed by atoms with Gasteiger partial charge in [0.15, 0.2) is 0 Å². The molecule has 0 fully saturated rings. The van der Waals surface area contributed by atoms with E-state index in [2.05, 4.69) is 19.6 Å². The number of carbonyl (C=O) groups excluding carboxylic acids is 1. The molecule has 1 aromatic rings. The molecule has 1 rings (SSSR count). The highest BCUT2D eigenvalue weighted by molar-refractivity contribution is 5.85. The number of halogens is 3. The molecule has 6 nitrogen and oxygen atoms in total. The summed E-state index contributed by atoms with van der Waals surface area (Å²) in [6.07, 6.45) is -3.66. The van der Waals surface area contributed by atoms with Gasteiger partial charge in [0.2, 0.25) is 5.82 Å². The second-order valence-electron chi connectivity index (χ2n) is 2.59. The number of hydrogen-bond donors (Lipinski definition) is 0. The van der Waals surface area contributed by atoms with Crippen LogP contribution in [0, 0.1) is 0 Å². The van der Waals surface area contributed by atoms with Crippen LogP contribution in [0.2, 0.25) is 0 Å². The average molecular weight is 239 g/mol. The third kappa shape index (κ3) is 3.50. The second-order valence-corrected chi connectivity index (χ2v) is 2.59. The lowest BCUT2D eigenvalue weighted by Gasteiger charge is -2.07. The third-order valence-corrected chi connectivity index (χ3v) is 1.55. The van der Waals surface area contributed by atoms with Crippen molar-refractivity contribution in [2.45, 2.75) is 12.9 Å². The van der Waals surface area contributed by atoms with Gasteiger partial charge in [-0.25, -0.2) is 14.5 Å². The molecule has 0 spiro atoms. The van der Waals surface area contributed by atoms with E-state index in [1.54, 1.807) is 0 Å². The minimum atomic E-state index is -4.70. The van der Waals surface area contributed by atoms with Crippen LogP contribution in [0.25, 0.3) is 0 Å². The topological polar surface area (TPSA) is 66.2 Å². The standard InChI is InChI=1S/C7H8F3N3O3/c1-15-6(14)5-11-4-12-13(5)2-3-16-7(8,9)10/h4H,2-3H2,1H3. The zero-order valence-corrected chi connectivity index (χ0v) is 8.19. The van der Waals surface area contributed by atoms with Crippen LogP contribution >= 0.6 is 0 Å². The normalized spacial score (nSPS) is 11.5. The maximum Gasteiger partial charge on any atom is 0.522 e. The van der Waals surface area contributed by atoms with Gasteiger partial charge in [-0.2, -0.15) is 5.10 Å². The number of esters is 1. The number of hydrogen-bond acceptors (Lipinski definition) is 5. The smallest absolute Gasteiger partial charge is 0.463 e. The van der Waals surface area contributed by atoms with Gasteiger partial charge in [-0.05, 0) is 0 Å². The summed E-state index contributed by atoms with van der Waals surface area (Å²) in [6, 6.07) is 0. The quantitative estimate of drug-likeness (QED) is 0.720. The van der Waals surface area contributed by atoms with Gasteiger partial charge in [-0.1, -0.05) is 0 Å². The summed E-state index contributed by atoms with van der Waals surface area (Å²) in [5, 5.41) is 3.56. The highest BCUT2D eigenvalue weighted by Gasteiger charge is 2.29. The predicted octanol–water partition coefficient (Wildman–Crippen LogP) is 0.601. The molecule has 0 aliphatic carbocycles. The first-order chi connectivity index (χ1) is 7.44. The van der Waals surface area contributed by atoms with Crippen molar-refractivity contribution in [3.05, 3.63) is 12.2 Å². The monoisotopic (exact) mass is 239 g/mol. The van der Waals surface area contributed by atoms with Crippen LogP contribution in [0.5, 0.6) is 0 Å². The average Bonchev–Trinajstić information content (AvgIpc) is 2.63. The van der Waals surface area contributed by atoms with E-state index in [9.17, 15) is 18.0 Å². The molecule has 0 aromatic carbocycles. The van der Waals surface area contributed by atoms with Crippen LogP contribution in [0.4, 0.5) is 13.2 Å². The fourth-order valence-corrected chi connectivity index (χ4v) is 0.925. The summed E-state index contributed by atoms with van der Waals surface area (Å²) in [4.78, 5) is 14.6. The Balaban J connectivity index is 2.55. The predicted molar refractivity (Wildman–Crippen MR) is 43.4 cm³/mol. The third-order valence-electron chi connectivity index (χ3n) is 1.55. The van der Waals surface area contributed by atoms with Gasteiger partial charge >= 0.3 is 12.3 Å². The fourth-order valence-electron chi connectivity index (χ4n) is 0.925. The molecule has 0 radical (unpaired) electrons. The van der Waals surface area contributed by atoms with Crippen LogP contribution < -0.4 is 0 Å². The summed E-state index contributed by atoms with van der Waals surface area (Å²) in [5.74, 6) is -0.946. The number of rotatable bonds is 4. The molecule has 90 valence electrons. The van der Waals surface area contributed by atoms with E-state index < -0.39 is 18.9 Å². The first-order valence-electron chi connectivity index (χ1n) is 4.11. The lowest BCUT2D eigenvalue weighted by atomic mass is 10.6. The summed E-state index contributed by atoms with van der Waals surface area (Å²) in [6.45, 7) is -0.902. The Morgan fingerprint density at radius 3 is 2.81 bits per heavy atom. The molecule has 16 heavy (non-hydrogen) atoms. The van der Waals surface area contributed by atoms with E-state index in [0.29, 0.717) is 0 Å². The highest BCUT2D eigenvalue weighted by Crippen LogP contribution is 2.15. The fraction of sp³-hybridized carbons (Fsp3) is 0.571. The summed E-state index contributed by atoms with van der Waals surface area (Å²) >= 11 is 0. The van der Waals surface area contributed by atoms with E-state index >= 15 is 0 Å². The van der Waals surface area contributed by atoms with E-state index in [4.69, 9.17) is 0 Å². The van der Waals surface area contributed by atoms with Gasteiger partial charge in [0.25, 0.3) is 0 Å². The van der Waals surface area contributed by atoms with Crippen molar-refractivity contribution >= 4 is 5.97 Å². The van der Waals surface area contributed by atoms with Crippen molar-refractivity contribution in [3.63, 3.8) is 0 Å². The Labute approximate surface area is 88.0 Å². The second kappa shape index (κ2) is 4.92. The molecule has 0 bridgehead atoms. The minimum absolute atomic E-state index is 0.173. The maximum atomic E-state index is 11.7. The first kappa shape index (κ1) is 12.4. The van der Waals surface area contributed by atoms with E-state index in [0.717, 1.165) is 18.1 Å². The van der Waals surface area contributed by atoms with E-state index in [1.807, 2.05) is 0 Å². The number of aromatic nitrogens is 3. The van der Waals surface area contributed by atoms with Crippen molar-refractivity contribution in [1.82, 2.24) is 14.8 Å². The molecule has 0 aliphatic heterocycles. The molecule has 0 saturated heterocycles. The van der Waals surface area contributed by atoms with Crippen molar-refractivity contribution < 1.29 is 27.4 Å². The molecule has 0 unspecified atom stereocenters. The summed E-state index contributed by atoms with van der Waals surface area (Å²) in [7, 11) is 1.13. The van der Waals surface area contributed by atoms with E-state index in [-0.39, 0.29) is 12.4 Å². The Kier molecular flexibility index (Phi) is 3.82.